The minimum atomic E-state index is -0.344. The molecule has 0 unspecified atom stereocenters. The molecule has 0 atom stereocenters. The van der Waals surface area contributed by atoms with Gasteiger partial charge in [-0.1, -0.05) is 22.0 Å². The average molecular weight is 368 g/mol. The van der Waals surface area contributed by atoms with E-state index in [1.54, 1.807) is 14.2 Å². The van der Waals surface area contributed by atoms with Crippen LogP contribution in [0.4, 0.5) is 5.82 Å². The monoisotopic (exact) mass is 367 g/mol. The lowest BCUT2D eigenvalue weighted by molar-refractivity contribution is 0.414. The van der Waals surface area contributed by atoms with E-state index < -0.39 is 0 Å². The van der Waals surface area contributed by atoms with Crippen molar-refractivity contribution in [1.82, 2.24) is 9.13 Å². The molecule has 1 aromatic heterocycles. The molecular weight excluding hydrogens is 350 g/mol. The number of benzene rings is 1. The van der Waals surface area contributed by atoms with Crippen LogP contribution in [0.25, 0.3) is 0 Å². The number of methoxy groups -OCH3 is 1. The Kier molecular flexibility index (Phi) is 4.75. The zero-order valence-electron chi connectivity index (χ0n) is 13.0. The van der Waals surface area contributed by atoms with Crippen LogP contribution in [0.2, 0.25) is 0 Å². The minimum absolute atomic E-state index is 0.321. The van der Waals surface area contributed by atoms with Crippen LogP contribution in [0.3, 0.4) is 0 Å². The summed E-state index contributed by atoms with van der Waals surface area (Å²) in [5, 5.41) is 0. The molecule has 118 valence electrons. The zero-order chi connectivity index (χ0) is 16.4. The van der Waals surface area contributed by atoms with Gasteiger partial charge in [-0.3, -0.25) is 13.9 Å². The molecule has 2 rings (SSSR count). The summed E-state index contributed by atoms with van der Waals surface area (Å²) in [5.74, 6) is 1.33. The number of hydrogen-bond acceptors (Lipinski definition) is 4. The summed E-state index contributed by atoms with van der Waals surface area (Å²) in [4.78, 5) is 25.7. The summed E-state index contributed by atoms with van der Waals surface area (Å²) in [6.07, 6.45) is 0. The smallest absolute Gasteiger partial charge is 0.332 e. The second-order valence-electron chi connectivity index (χ2n) is 5.05. The van der Waals surface area contributed by atoms with Gasteiger partial charge < -0.3 is 9.64 Å². The molecule has 2 aromatic rings. The molecule has 6 nitrogen and oxygen atoms in total. The molecule has 1 heterocycles. The molecule has 0 radical (unpaired) electrons. The molecule has 0 saturated heterocycles. The average Bonchev–Trinajstić information content (AvgIpc) is 2.50. The van der Waals surface area contributed by atoms with E-state index >= 15 is 0 Å². The Labute approximate surface area is 136 Å². The van der Waals surface area contributed by atoms with Crippen molar-refractivity contribution in [2.45, 2.75) is 6.54 Å². The van der Waals surface area contributed by atoms with Gasteiger partial charge in [0.25, 0.3) is 5.56 Å². The molecular formula is C15H18BrN3O3. The predicted molar refractivity (Wildman–Crippen MR) is 89.7 cm³/mol. The second-order valence-corrected chi connectivity index (χ2v) is 5.91. The van der Waals surface area contributed by atoms with E-state index in [-0.39, 0.29) is 11.2 Å². The van der Waals surface area contributed by atoms with Gasteiger partial charge >= 0.3 is 5.69 Å². The third-order valence-corrected chi connectivity index (χ3v) is 4.30. The number of hydrogen-bond donors (Lipinski definition) is 0. The Bertz CT molecular complexity index is 811. The highest BCUT2D eigenvalue weighted by molar-refractivity contribution is 9.10. The van der Waals surface area contributed by atoms with Gasteiger partial charge in [0.05, 0.1) is 7.11 Å². The quantitative estimate of drug-likeness (QED) is 0.821. The van der Waals surface area contributed by atoms with Gasteiger partial charge in [-0.25, -0.2) is 4.79 Å². The van der Waals surface area contributed by atoms with Crippen molar-refractivity contribution in [3.63, 3.8) is 0 Å². The van der Waals surface area contributed by atoms with Gasteiger partial charge in [0.1, 0.15) is 11.6 Å². The van der Waals surface area contributed by atoms with Crippen molar-refractivity contribution in [2.24, 2.45) is 14.1 Å². The summed E-state index contributed by atoms with van der Waals surface area (Å²) >= 11 is 3.51. The number of aromatic nitrogens is 2. The van der Waals surface area contributed by atoms with Crippen molar-refractivity contribution < 1.29 is 4.74 Å². The van der Waals surface area contributed by atoms with Crippen LogP contribution in [0.1, 0.15) is 5.56 Å². The Morgan fingerprint density at radius 1 is 1.18 bits per heavy atom. The van der Waals surface area contributed by atoms with Crippen molar-refractivity contribution in [3.05, 3.63) is 55.1 Å². The van der Waals surface area contributed by atoms with E-state index in [9.17, 15) is 9.59 Å². The first-order valence-corrected chi connectivity index (χ1v) is 7.45. The molecule has 0 N–H and O–H groups in total. The van der Waals surface area contributed by atoms with E-state index in [0.717, 1.165) is 20.4 Å². The van der Waals surface area contributed by atoms with E-state index in [1.165, 1.54) is 17.7 Å². The lowest BCUT2D eigenvalue weighted by Gasteiger charge is -2.22. The first-order valence-electron chi connectivity index (χ1n) is 6.65. The van der Waals surface area contributed by atoms with Crippen molar-refractivity contribution in [3.8, 4) is 5.75 Å². The van der Waals surface area contributed by atoms with E-state index in [0.29, 0.717) is 12.4 Å². The van der Waals surface area contributed by atoms with Gasteiger partial charge in [0, 0.05) is 38.2 Å². The summed E-state index contributed by atoms with van der Waals surface area (Å²) in [5.41, 5.74) is 0.360. The Morgan fingerprint density at radius 3 is 2.45 bits per heavy atom. The van der Waals surface area contributed by atoms with Gasteiger partial charge in [0.15, 0.2) is 0 Å². The highest BCUT2D eigenvalue weighted by Crippen LogP contribution is 2.24. The number of ether oxygens (including phenoxy) is 1. The molecule has 7 heteroatoms. The Hall–Kier alpha value is -2.02. The number of nitrogens with zero attached hydrogens (tertiary/aromatic N) is 3. The van der Waals surface area contributed by atoms with Gasteiger partial charge in [-0.05, 0) is 17.7 Å². The molecule has 0 aliphatic rings. The molecule has 0 bridgehead atoms. The third kappa shape index (κ3) is 3.09. The lowest BCUT2D eigenvalue weighted by Crippen LogP contribution is -2.39. The fourth-order valence-corrected chi connectivity index (χ4v) is 2.69. The largest absolute Gasteiger partial charge is 0.497 e. The maximum Gasteiger partial charge on any atom is 0.332 e. The van der Waals surface area contributed by atoms with Gasteiger partial charge in [-0.2, -0.15) is 0 Å². The maximum atomic E-state index is 12.0. The van der Waals surface area contributed by atoms with Gasteiger partial charge in [0.2, 0.25) is 0 Å². The van der Waals surface area contributed by atoms with Crippen LogP contribution in [-0.4, -0.2) is 23.3 Å². The number of rotatable bonds is 4. The first kappa shape index (κ1) is 16.4. The number of halogens is 1. The number of anilines is 1. The molecule has 0 fully saturated rings. The standard InChI is InChI=1S/C15H18BrN3O3/c1-17(9-10-5-6-11(22-4)7-12(10)16)13-8-14(20)19(3)15(21)18(13)2/h5-8H,9H2,1-4H3. The van der Waals surface area contributed by atoms with Crippen molar-refractivity contribution >= 4 is 21.7 Å². The normalized spacial score (nSPS) is 10.6. The molecule has 0 saturated carbocycles. The lowest BCUT2D eigenvalue weighted by atomic mass is 10.2. The van der Waals surface area contributed by atoms with Crippen molar-refractivity contribution in [2.75, 3.05) is 19.1 Å². The Balaban J connectivity index is 2.36. The molecule has 0 aliphatic carbocycles. The highest BCUT2D eigenvalue weighted by Gasteiger charge is 2.12. The fraction of sp³-hybridized carbons (Fsp3) is 0.333. The zero-order valence-corrected chi connectivity index (χ0v) is 14.5. The van der Waals surface area contributed by atoms with Crippen LogP contribution in [0, 0.1) is 0 Å². The third-order valence-electron chi connectivity index (χ3n) is 3.56. The molecule has 22 heavy (non-hydrogen) atoms. The topological polar surface area (TPSA) is 56.5 Å². The summed E-state index contributed by atoms with van der Waals surface area (Å²) in [7, 11) is 6.57. The van der Waals surface area contributed by atoms with Crippen LogP contribution < -0.4 is 20.9 Å². The van der Waals surface area contributed by atoms with E-state index in [2.05, 4.69) is 15.9 Å². The van der Waals surface area contributed by atoms with Crippen LogP contribution in [0.5, 0.6) is 5.75 Å². The van der Waals surface area contributed by atoms with E-state index in [4.69, 9.17) is 4.74 Å². The summed E-state index contributed by atoms with van der Waals surface area (Å²) in [6, 6.07) is 7.15. The Morgan fingerprint density at radius 2 is 1.86 bits per heavy atom. The SMILES string of the molecule is COc1ccc(CN(C)c2cc(=O)n(C)c(=O)n2C)c(Br)c1. The van der Waals surface area contributed by atoms with E-state index in [1.807, 2.05) is 30.1 Å². The molecule has 0 amide bonds. The van der Waals surface area contributed by atoms with Gasteiger partial charge in [-0.15, -0.1) is 0 Å². The molecule has 0 aliphatic heterocycles. The van der Waals surface area contributed by atoms with Crippen LogP contribution >= 0.6 is 15.9 Å². The predicted octanol–water partition coefficient (Wildman–Crippen LogP) is 1.49. The fourth-order valence-electron chi connectivity index (χ4n) is 2.21. The highest BCUT2D eigenvalue weighted by atomic mass is 79.9. The summed E-state index contributed by atoms with van der Waals surface area (Å²) in [6.45, 7) is 0.547. The molecule has 0 spiro atoms. The minimum Gasteiger partial charge on any atom is -0.497 e. The maximum absolute atomic E-state index is 12.0. The van der Waals surface area contributed by atoms with Crippen LogP contribution in [-0.2, 0) is 20.6 Å². The molecule has 1 aromatic carbocycles. The van der Waals surface area contributed by atoms with Crippen molar-refractivity contribution in [1.29, 1.82) is 0 Å². The summed E-state index contributed by atoms with van der Waals surface area (Å²) < 4.78 is 8.62. The second kappa shape index (κ2) is 6.39. The van der Waals surface area contributed by atoms with Crippen LogP contribution in [0.15, 0.2) is 38.3 Å². The first-order chi connectivity index (χ1) is 10.3.